The van der Waals surface area contributed by atoms with Gasteiger partial charge in [0.05, 0.1) is 12.7 Å². The van der Waals surface area contributed by atoms with E-state index in [9.17, 15) is 0 Å². The van der Waals surface area contributed by atoms with Crippen molar-refractivity contribution in [2.45, 2.75) is 12.5 Å². The molecule has 1 aliphatic heterocycles. The number of nitrogens with zero attached hydrogens (tertiary/aromatic N) is 1. The molecule has 0 aromatic carbocycles. The largest absolute Gasteiger partial charge is 0.394 e. The maximum Gasteiger partial charge on any atom is 0.0945 e. The summed E-state index contributed by atoms with van der Waals surface area (Å²) >= 11 is 0. The van der Waals surface area contributed by atoms with Crippen LogP contribution in [0.1, 0.15) is 6.42 Å². The summed E-state index contributed by atoms with van der Waals surface area (Å²) in [4.78, 5) is 2.00. The molecule has 0 amide bonds. The van der Waals surface area contributed by atoms with Gasteiger partial charge in [-0.2, -0.15) is 0 Å². The van der Waals surface area contributed by atoms with Crippen LogP contribution in [-0.4, -0.2) is 40.9 Å². The van der Waals surface area contributed by atoms with Crippen molar-refractivity contribution in [3.8, 4) is 0 Å². The fourth-order valence-corrected chi connectivity index (χ4v) is 1.02. The van der Waals surface area contributed by atoms with Crippen molar-refractivity contribution in [3.05, 3.63) is 12.3 Å². The third-order valence-corrected chi connectivity index (χ3v) is 1.56. The van der Waals surface area contributed by atoms with Gasteiger partial charge in [-0.15, -0.1) is 0 Å². The molecule has 0 radical (unpaired) electrons. The highest BCUT2D eigenvalue weighted by Crippen LogP contribution is 2.03. The summed E-state index contributed by atoms with van der Waals surface area (Å²) in [6, 6.07) is 0. The fourth-order valence-electron chi connectivity index (χ4n) is 1.02. The lowest BCUT2D eigenvalue weighted by Crippen LogP contribution is -2.29. The first-order valence-corrected chi connectivity index (χ1v) is 3.52. The van der Waals surface area contributed by atoms with E-state index >= 15 is 0 Å². The van der Waals surface area contributed by atoms with Crippen LogP contribution in [0.2, 0.25) is 0 Å². The van der Waals surface area contributed by atoms with E-state index in [1.165, 1.54) is 0 Å². The number of aliphatic hydroxyl groups is 2. The van der Waals surface area contributed by atoms with Gasteiger partial charge in [-0.05, 0) is 12.6 Å². The molecule has 0 spiro atoms. The molecule has 0 aromatic heterocycles. The zero-order valence-corrected chi connectivity index (χ0v) is 5.90. The molecule has 3 heteroatoms. The molecule has 0 aromatic rings. The van der Waals surface area contributed by atoms with E-state index in [4.69, 9.17) is 10.2 Å². The Kier molecular flexibility index (Phi) is 2.71. The van der Waals surface area contributed by atoms with Crippen LogP contribution in [0.25, 0.3) is 0 Å². The molecule has 1 unspecified atom stereocenters. The Hall–Kier alpha value is -0.540. The lowest BCUT2D eigenvalue weighted by molar-refractivity contribution is 0.0737. The summed E-state index contributed by atoms with van der Waals surface area (Å²) in [7, 11) is 0. The molecule has 1 rings (SSSR count). The van der Waals surface area contributed by atoms with E-state index < -0.39 is 6.10 Å². The summed E-state index contributed by atoms with van der Waals surface area (Å²) < 4.78 is 0. The smallest absolute Gasteiger partial charge is 0.0945 e. The quantitative estimate of drug-likeness (QED) is 0.563. The molecule has 1 aliphatic rings. The van der Waals surface area contributed by atoms with Crippen LogP contribution in [0.5, 0.6) is 0 Å². The molecule has 1 heterocycles. The van der Waals surface area contributed by atoms with Crippen molar-refractivity contribution in [1.82, 2.24) is 4.90 Å². The first kappa shape index (κ1) is 7.57. The minimum Gasteiger partial charge on any atom is -0.394 e. The molecule has 2 N–H and O–H groups in total. The van der Waals surface area contributed by atoms with Crippen LogP contribution in [0, 0.1) is 0 Å². The Bertz CT molecular complexity index is 125. The van der Waals surface area contributed by atoms with Gasteiger partial charge in [-0.1, -0.05) is 6.08 Å². The molecule has 0 fully saturated rings. The highest BCUT2D eigenvalue weighted by molar-refractivity contribution is 4.91. The third-order valence-electron chi connectivity index (χ3n) is 1.56. The maximum absolute atomic E-state index is 8.99. The van der Waals surface area contributed by atoms with Crippen LogP contribution in [-0.2, 0) is 0 Å². The van der Waals surface area contributed by atoms with Gasteiger partial charge in [-0.25, -0.2) is 0 Å². The van der Waals surface area contributed by atoms with Crippen molar-refractivity contribution in [1.29, 1.82) is 0 Å². The van der Waals surface area contributed by atoms with Gasteiger partial charge in [0.15, 0.2) is 0 Å². The molecule has 10 heavy (non-hydrogen) atoms. The third kappa shape index (κ3) is 2.01. The average Bonchev–Trinajstić information content (AvgIpc) is 2.40. The summed E-state index contributed by atoms with van der Waals surface area (Å²) in [5, 5.41) is 17.5. The second kappa shape index (κ2) is 3.58. The molecule has 1 atom stereocenters. The lowest BCUT2D eigenvalue weighted by Gasteiger charge is -2.17. The van der Waals surface area contributed by atoms with Gasteiger partial charge in [0.25, 0.3) is 0 Å². The van der Waals surface area contributed by atoms with E-state index in [0.717, 1.165) is 13.0 Å². The summed E-state index contributed by atoms with van der Waals surface area (Å²) in [5.74, 6) is 0. The van der Waals surface area contributed by atoms with E-state index in [0.29, 0.717) is 6.54 Å². The predicted molar refractivity (Wildman–Crippen MR) is 38.4 cm³/mol. The van der Waals surface area contributed by atoms with E-state index in [1.54, 1.807) is 0 Å². The maximum atomic E-state index is 8.99. The van der Waals surface area contributed by atoms with Crippen molar-refractivity contribution >= 4 is 0 Å². The molecule has 3 nitrogen and oxygen atoms in total. The van der Waals surface area contributed by atoms with Gasteiger partial charge in [-0.3, -0.25) is 0 Å². The van der Waals surface area contributed by atoms with E-state index in [1.807, 2.05) is 11.1 Å². The Morgan fingerprint density at radius 2 is 2.40 bits per heavy atom. The normalized spacial score (nSPS) is 20.0. The zero-order chi connectivity index (χ0) is 7.40. The number of hydrogen-bond donors (Lipinski definition) is 2. The molecule has 0 saturated carbocycles. The van der Waals surface area contributed by atoms with E-state index in [2.05, 4.69) is 6.08 Å². The van der Waals surface area contributed by atoms with Gasteiger partial charge >= 0.3 is 0 Å². The first-order chi connectivity index (χ1) is 4.83. The Balaban J connectivity index is 2.18. The molecular weight excluding hydrogens is 130 g/mol. The van der Waals surface area contributed by atoms with Crippen molar-refractivity contribution in [2.24, 2.45) is 0 Å². The standard InChI is InChI=1S/C7H13NO2/c9-6-7(10)5-8-3-1-2-4-8/h1,3,7,9-10H,2,4-6H2. The summed E-state index contributed by atoms with van der Waals surface area (Å²) in [6.07, 6.45) is 4.48. The molecule has 0 aliphatic carbocycles. The second-order valence-electron chi connectivity index (χ2n) is 2.50. The molecule has 58 valence electrons. The Morgan fingerprint density at radius 3 is 2.90 bits per heavy atom. The lowest BCUT2D eigenvalue weighted by atomic mass is 10.3. The second-order valence-corrected chi connectivity index (χ2v) is 2.50. The van der Waals surface area contributed by atoms with Gasteiger partial charge in [0.2, 0.25) is 0 Å². The zero-order valence-electron chi connectivity index (χ0n) is 5.90. The van der Waals surface area contributed by atoms with Crippen molar-refractivity contribution < 1.29 is 10.2 Å². The number of β-amino-alcohol motifs (C(OH)–C–C–N with tert-alkyl or cyclic N) is 1. The monoisotopic (exact) mass is 143 g/mol. The first-order valence-electron chi connectivity index (χ1n) is 3.52. The van der Waals surface area contributed by atoms with Crippen molar-refractivity contribution in [2.75, 3.05) is 19.7 Å². The molecule has 0 saturated heterocycles. The highest BCUT2D eigenvalue weighted by Gasteiger charge is 2.08. The Morgan fingerprint density at radius 1 is 1.60 bits per heavy atom. The van der Waals surface area contributed by atoms with Crippen molar-refractivity contribution in [3.63, 3.8) is 0 Å². The number of hydrogen-bond acceptors (Lipinski definition) is 3. The average molecular weight is 143 g/mol. The van der Waals surface area contributed by atoms with Crippen LogP contribution < -0.4 is 0 Å². The van der Waals surface area contributed by atoms with Crippen LogP contribution in [0.4, 0.5) is 0 Å². The molecule has 0 bridgehead atoms. The van der Waals surface area contributed by atoms with Gasteiger partial charge in [0.1, 0.15) is 0 Å². The predicted octanol–water partition coefficient (Wildman–Crippen LogP) is -0.441. The topological polar surface area (TPSA) is 43.7 Å². The van der Waals surface area contributed by atoms with Crippen LogP contribution >= 0.6 is 0 Å². The van der Waals surface area contributed by atoms with E-state index in [-0.39, 0.29) is 6.61 Å². The van der Waals surface area contributed by atoms with Gasteiger partial charge in [0, 0.05) is 13.1 Å². The highest BCUT2D eigenvalue weighted by atomic mass is 16.3. The number of aliphatic hydroxyl groups excluding tert-OH is 2. The number of rotatable bonds is 3. The summed E-state index contributed by atoms with van der Waals surface area (Å²) in [6.45, 7) is 1.37. The molecular formula is C7H13NO2. The minimum absolute atomic E-state index is 0.148. The minimum atomic E-state index is -0.595. The SMILES string of the molecule is OCC(O)CN1C=CCC1. The Labute approximate surface area is 60.6 Å². The fraction of sp³-hybridized carbons (Fsp3) is 0.714. The van der Waals surface area contributed by atoms with Gasteiger partial charge < -0.3 is 15.1 Å². The summed E-state index contributed by atoms with van der Waals surface area (Å²) in [5.41, 5.74) is 0. The van der Waals surface area contributed by atoms with Crippen LogP contribution in [0.3, 0.4) is 0 Å². The van der Waals surface area contributed by atoms with Crippen LogP contribution in [0.15, 0.2) is 12.3 Å².